The molecule has 5 nitrogen and oxygen atoms in total. The van der Waals surface area contributed by atoms with E-state index in [1.165, 1.54) is 0 Å². The van der Waals surface area contributed by atoms with Gasteiger partial charge in [-0.25, -0.2) is 9.67 Å². The summed E-state index contributed by atoms with van der Waals surface area (Å²) in [5.41, 5.74) is 8.71. The Kier molecular flexibility index (Phi) is 2.79. The van der Waals surface area contributed by atoms with E-state index in [-0.39, 0.29) is 0 Å². The van der Waals surface area contributed by atoms with Gasteiger partial charge in [0.15, 0.2) is 0 Å². The van der Waals surface area contributed by atoms with Crippen LogP contribution in [0.15, 0.2) is 49.1 Å². The Bertz CT molecular complexity index is 695. The number of nitrogens with zero attached hydrogens (tertiary/aromatic N) is 4. The highest BCUT2D eigenvalue weighted by atomic mass is 15.4. The van der Waals surface area contributed by atoms with E-state index in [2.05, 4.69) is 17.0 Å². The van der Waals surface area contributed by atoms with E-state index < -0.39 is 0 Å². The zero-order valence-electron chi connectivity index (χ0n) is 10.7. The van der Waals surface area contributed by atoms with Crippen molar-refractivity contribution < 1.29 is 0 Å². The van der Waals surface area contributed by atoms with Gasteiger partial charge in [-0.2, -0.15) is 5.10 Å². The smallest absolute Gasteiger partial charge is 0.230 e. The summed E-state index contributed by atoms with van der Waals surface area (Å²) in [7, 11) is 0. The molecule has 0 unspecified atom stereocenters. The van der Waals surface area contributed by atoms with Crippen molar-refractivity contribution in [1.82, 2.24) is 19.3 Å². The molecule has 96 valence electrons. The van der Waals surface area contributed by atoms with Gasteiger partial charge in [0.25, 0.3) is 0 Å². The van der Waals surface area contributed by atoms with Crippen LogP contribution in [-0.2, 0) is 6.54 Å². The van der Waals surface area contributed by atoms with Gasteiger partial charge < -0.3 is 10.3 Å². The molecule has 19 heavy (non-hydrogen) atoms. The SMILES string of the molecule is CCn1ccnc1-n1cc(-c2ccccc2N)cn1. The third kappa shape index (κ3) is 1.99. The van der Waals surface area contributed by atoms with Crippen molar-refractivity contribution in [3.8, 4) is 17.1 Å². The van der Waals surface area contributed by atoms with Crippen LogP contribution in [0.1, 0.15) is 6.92 Å². The average Bonchev–Trinajstić information content (AvgIpc) is 3.07. The molecule has 0 spiro atoms. The number of aromatic nitrogens is 4. The lowest BCUT2D eigenvalue weighted by molar-refractivity contribution is 0.686. The molecule has 0 atom stereocenters. The lowest BCUT2D eigenvalue weighted by Crippen LogP contribution is -2.05. The molecular weight excluding hydrogens is 238 g/mol. The van der Waals surface area contributed by atoms with Crippen LogP contribution in [0.3, 0.4) is 0 Å². The molecule has 0 saturated heterocycles. The predicted octanol–water partition coefficient (Wildman–Crippen LogP) is 2.34. The molecule has 0 aliphatic carbocycles. The lowest BCUT2D eigenvalue weighted by Gasteiger charge is -2.04. The van der Waals surface area contributed by atoms with Crippen molar-refractivity contribution >= 4 is 5.69 Å². The molecule has 1 aromatic carbocycles. The highest BCUT2D eigenvalue weighted by Gasteiger charge is 2.08. The van der Waals surface area contributed by atoms with Gasteiger partial charge in [-0.1, -0.05) is 18.2 Å². The highest BCUT2D eigenvalue weighted by Crippen LogP contribution is 2.25. The quantitative estimate of drug-likeness (QED) is 0.729. The highest BCUT2D eigenvalue weighted by molar-refractivity contribution is 5.75. The number of nitrogen functional groups attached to an aromatic ring is 1. The van der Waals surface area contributed by atoms with Crippen LogP contribution in [0.4, 0.5) is 5.69 Å². The van der Waals surface area contributed by atoms with Crippen molar-refractivity contribution in [2.24, 2.45) is 0 Å². The van der Waals surface area contributed by atoms with Crippen LogP contribution in [-0.4, -0.2) is 19.3 Å². The Morgan fingerprint density at radius 1 is 1.26 bits per heavy atom. The number of anilines is 1. The van der Waals surface area contributed by atoms with Crippen molar-refractivity contribution in [2.75, 3.05) is 5.73 Å². The molecule has 3 rings (SSSR count). The van der Waals surface area contributed by atoms with Crippen molar-refractivity contribution in [3.63, 3.8) is 0 Å². The fourth-order valence-electron chi connectivity index (χ4n) is 2.09. The molecule has 3 aromatic rings. The standard InChI is InChI=1S/C14H15N5/c1-2-18-8-7-16-14(18)19-10-11(9-17-19)12-5-3-4-6-13(12)15/h3-10H,2,15H2,1H3. The fraction of sp³-hybridized carbons (Fsp3) is 0.143. The summed E-state index contributed by atoms with van der Waals surface area (Å²) >= 11 is 0. The molecule has 0 aliphatic heterocycles. The Hall–Kier alpha value is -2.56. The number of nitrogens with two attached hydrogens (primary N) is 1. The van der Waals surface area contributed by atoms with Crippen molar-refractivity contribution in [1.29, 1.82) is 0 Å². The largest absolute Gasteiger partial charge is 0.398 e. The number of aryl methyl sites for hydroxylation is 1. The summed E-state index contributed by atoms with van der Waals surface area (Å²) in [5, 5.41) is 4.36. The minimum Gasteiger partial charge on any atom is -0.398 e. The zero-order chi connectivity index (χ0) is 13.2. The Morgan fingerprint density at radius 2 is 2.11 bits per heavy atom. The second-order valence-electron chi connectivity index (χ2n) is 4.27. The molecule has 0 bridgehead atoms. The number of hydrogen-bond acceptors (Lipinski definition) is 3. The number of benzene rings is 1. The third-order valence-corrected chi connectivity index (χ3v) is 3.09. The molecule has 0 fully saturated rings. The summed E-state index contributed by atoms with van der Waals surface area (Å²) in [5.74, 6) is 0.809. The van der Waals surface area contributed by atoms with E-state index in [0.717, 1.165) is 29.3 Å². The number of imidazole rings is 1. The molecule has 0 aliphatic rings. The van der Waals surface area contributed by atoms with Crippen molar-refractivity contribution in [2.45, 2.75) is 13.5 Å². The Labute approximate surface area is 111 Å². The van der Waals surface area contributed by atoms with E-state index in [1.54, 1.807) is 17.1 Å². The first kappa shape index (κ1) is 11.5. The third-order valence-electron chi connectivity index (χ3n) is 3.09. The van der Waals surface area contributed by atoms with Gasteiger partial charge in [-0.15, -0.1) is 0 Å². The van der Waals surface area contributed by atoms with E-state index >= 15 is 0 Å². The summed E-state index contributed by atoms with van der Waals surface area (Å²) in [6.07, 6.45) is 7.46. The van der Waals surface area contributed by atoms with Crippen LogP contribution < -0.4 is 5.73 Å². The van der Waals surface area contributed by atoms with Crippen LogP contribution in [0.25, 0.3) is 17.1 Å². The van der Waals surface area contributed by atoms with Gasteiger partial charge in [0.05, 0.1) is 6.20 Å². The number of hydrogen-bond donors (Lipinski definition) is 1. The van der Waals surface area contributed by atoms with Crippen LogP contribution >= 0.6 is 0 Å². The first-order valence-corrected chi connectivity index (χ1v) is 6.20. The molecular formula is C14H15N5. The maximum absolute atomic E-state index is 5.98. The topological polar surface area (TPSA) is 61.7 Å². The first-order chi connectivity index (χ1) is 9.29. The fourth-order valence-corrected chi connectivity index (χ4v) is 2.09. The van der Waals surface area contributed by atoms with E-state index in [0.29, 0.717) is 0 Å². The maximum atomic E-state index is 5.98. The van der Waals surface area contributed by atoms with Gasteiger partial charge in [-0.05, 0) is 13.0 Å². The number of rotatable bonds is 3. The summed E-state index contributed by atoms with van der Waals surface area (Å²) < 4.78 is 3.80. The van der Waals surface area contributed by atoms with E-state index in [4.69, 9.17) is 5.73 Å². The van der Waals surface area contributed by atoms with Crippen LogP contribution in [0.5, 0.6) is 0 Å². The zero-order valence-corrected chi connectivity index (χ0v) is 10.7. The van der Waals surface area contributed by atoms with Crippen LogP contribution in [0, 0.1) is 0 Å². The Morgan fingerprint density at radius 3 is 2.89 bits per heavy atom. The summed E-state index contributed by atoms with van der Waals surface area (Å²) in [4.78, 5) is 4.32. The maximum Gasteiger partial charge on any atom is 0.230 e. The molecule has 2 N–H and O–H groups in total. The van der Waals surface area contributed by atoms with Gasteiger partial charge in [0.2, 0.25) is 5.95 Å². The first-order valence-electron chi connectivity index (χ1n) is 6.20. The predicted molar refractivity (Wildman–Crippen MR) is 74.9 cm³/mol. The molecule has 0 saturated carbocycles. The van der Waals surface area contributed by atoms with Crippen LogP contribution in [0.2, 0.25) is 0 Å². The second kappa shape index (κ2) is 4.61. The second-order valence-corrected chi connectivity index (χ2v) is 4.27. The molecule has 0 radical (unpaired) electrons. The molecule has 2 aromatic heterocycles. The van der Waals surface area contributed by atoms with Gasteiger partial charge in [0.1, 0.15) is 0 Å². The normalized spacial score (nSPS) is 10.8. The molecule has 5 heteroatoms. The van der Waals surface area contributed by atoms with Gasteiger partial charge >= 0.3 is 0 Å². The number of para-hydroxylation sites is 1. The summed E-state index contributed by atoms with van der Waals surface area (Å²) in [6, 6.07) is 7.77. The Balaban J connectivity index is 2.03. The minimum absolute atomic E-state index is 0.751. The van der Waals surface area contributed by atoms with Gasteiger partial charge in [-0.3, -0.25) is 0 Å². The monoisotopic (exact) mass is 253 g/mol. The summed E-state index contributed by atoms with van der Waals surface area (Å²) in [6.45, 7) is 2.93. The van der Waals surface area contributed by atoms with Crippen molar-refractivity contribution in [3.05, 3.63) is 49.1 Å². The molecule has 0 amide bonds. The van der Waals surface area contributed by atoms with E-state index in [9.17, 15) is 0 Å². The average molecular weight is 253 g/mol. The van der Waals surface area contributed by atoms with Gasteiger partial charge in [0, 0.05) is 41.9 Å². The molecule has 2 heterocycles. The van der Waals surface area contributed by atoms with E-state index in [1.807, 2.05) is 41.2 Å². The lowest BCUT2D eigenvalue weighted by atomic mass is 10.1. The minimum atomic E-state index is 0.751.